The number of aromatic nitrogens is 3. The van der Waals surface area contributed by atoms with Crippen LogP contribution >= 0.6 is 12.2 Å². The number of hydrogen-bond donors (Lipinski definition) is 1. The minimum Gasteiger partial charge on any atom is -0.494 e. The first-order chi connectivity index (χ1) is 12.7. The summed E-state index contributed by atoms with van der Waals surface area (Å²) in [7, 11) is 0. The lowest BCUT2D eigenvalue weighted by Crippen LogP contribution is -2.10. The summed E-state index contributed by atoms with van der Waals surface area (Å²) in [5, 5.41) is 11.9. The van der Waals surface area contributed by atoms with Crippen molar-refractivity contribution in [1.29, 1.82) is 0 Å². The molecule has 1 N–H and O–H groups in total. The number of ether oxygens (including phenoxy) is 2. The summed E-state index contributed by atoms with van der Waals surface area (Å²) in [6, 6.07) is 5.76. The standard InChI is InChI=1S/C19H26N4O2S/c1-3-24-16-11-10-15(17(12-16)25-4-2)13-20-23-18(21-22-19(23)26)14-8-6-5-7-9-14/h10-14H,3-9H2,1-2H3,(H,22,26)/b20-13-. The summed E-state index contributed by atoms with van der Waals surface area (Å²) in [6.07, 6.45) is 7.83. The molecule has 1 aromatic heterocycles. The fourth-order valence-corrected chi connectivity index (χ4v) is 3.51. The molecule has 0 bridgehead atoms. The Morgan fingerprint density at radius 1 is 1.23 bits per heavy atom. The van der Waals surface area contributed by atoms with Gasteiger partial charge in [-0.25, -0.2) is 0 Å². The molecule has 1 heterocycles. The molecule has 0 unspecified atom stereocenters. The number of H-pyrrole nitrogens is 1. The third kappa shape index (κ3) is 4.33. The van der Waals surface area contributed by atoms with Gasteiger partial charge in [0, 0.05) is 17.5 Å². The highest BCUT2D eigenvalue weighted by atomic mass is 32.1. The Hall–Kier alpha value is -2.15. The summed E-state index contributed by atoms with van der Waals surface area (Å²) in [5.74, 6) is 2.88. The Bertz CT molecular complexity index is 806. The molecule has 0 atom stereocenters. The summed E-state index contributed by atoms with van der Waals surface area (Å²) in [6.45, 7) is 5.12. The summed E-state index contributed by atoms with van der Waals surface area (Å²) in [4.78, 5) is 0. The molecule has 2 aromatic rings. The van der Waals surface area contributed by atoms with E-state index in [1.807, 2.05) is 32.0 Å². The van der Waals surface area contributed by atoms with Gasteiger partial charge >= 0.3 is 0 Å². The van der Waals surface area contributed by atoms with Gasteiger partial charge in [0.15, 0.2) is 5.82 Å². The van der Waals surface area contributed by atoms with Crippen LogP contribution in [0.4, 0.5) is 0 Å². The van der Waals surface area contributed by atoms with Gasteiger partial charge in [0.25, 0.3) is 0 Å². The number of benzene rings is 1. The Kier molecular flexibility index (Phi) is 6.44. The predicted molar refractivity (Wildman–Crippen MR) is 105 cm³/mol. The molecule has 0 saturated heterocycles. The largest absolute Gasteiger partial charge is 0.494 e. The van der Waals surface area contributed by atoms with Crippen molar-refractivity contribution in [2.75, 3.05) is 13.2 Å². The lowest BCUT2D eigenvalue weighted by Gasteiger charge is -2.19. The minimum absolute atomic E-state index is 0.417. The zero-order valence-electron chi connectivity index (χ0n) is 15.4. The van der Waals surface area contributed by atoms with Crippen LogP contribution in [0, 0.1) is 4.77 Å². The van der Waals surface area contributed by atoms with E-state index in [2.05, 4.69) is 15.3 Å². The van der Waals surface area contributed by atoms with Crippen LogP contribution in [-0.4, -0.2) is 34.3 Å². The van der Waals surface area contributed by atoms with E-state index in [0.717, 1.165) is 35.7 Å². The Morgan fingerprint density at radius 2 is 2.00 bits per heavy atom. The van der Waals surface area contributed by atoms with Crippen LogP contribution in [0.5, 0.6) is 11.5 Å². The van der Waals surface area contributed by atoms with Gasteiger partial charge in [-0.15, -0.1) is 0 Å². The number of aromatic amines is 1. The number of nitrogens with zero attached hydrogens (tertiary/aromatic N) is 3. The van der Waals surface area contributed by atoms with Crippen molar-refractivity contribution in [3.63, 3.8) is 0 Å². The molecule has 3 rings (SSSR count). The molecule has 1 saturated carbocycles. The molecule has 7 heteroatoms. The maximum absolute atomic E-state index is 5.74. The van der Waals surface area contributed by atoms with Gasteiger partial charge in [0.2, 0.25) is 4.77 Å². The number of hydrogen-bond acceptors (Lipinski definition) is 5. The quantitative estimate of drug-likeness (QED) is 0.565. The monoisotopic (exact) mass is 374 g/mol. The Labute approximate surface area is 159 Å². The first-order valence-electron chi connectivity index (χ1n) is 9.34. The van der Waals surface area contributed by atoms with Gasteiger partial charge in [-0.2, -0.15) is 14.9 Å². The highest BCUT2D eigenvalue weighted by Crippen LogP contribution is 2.31. The van der Waals surface area contributed by atoms with Crippen LogP contribution in [-0.2, 0) is 0 Å². The van der Waals surface area contributed by atoms with Crippen LogP contribution < -0.4 is 9.47 Å². The van der Waals surface area contributed by atoms with E-state index in [9.17, 15) is 0 Å². The zero-order valence-corrected chi connectivity index (χ0v) is 16.2. The van der Waals surface area contributed by atoms with Crippen molar-refractivity contribution in [3.05, 3.63) is 34.4 Å². The molecule has 0 spiro atoms. The smallest absolute Gasteiger partial charge is 0.216 e. The lowest BCUT2D eigenvalue weighted by atomic mass is 9.89. The van der Waals surface area contributed by atoms with Crippen molar-refractivity contribution < 1.29 is 9.47 Å². The van der Waals surface area contributed by atoms with E-state index < -0.39 is 0 Å². The molecule has 1 aliphatic rings. The fraction of sp³-hybridized carbons (Fsp3) is 0.526. The van der Waals surface area contributed by atoms with Crippen LogP contribution in [0.15, 0.2) is 23.3 Å². The fourth-order valence-electron chi connectivity index (χ4n) is 3.32. The minimum atomic E-state index is 0.417. The van der Waals surface area contributed by atoms with E-state index in [1.165, 1.54) is 19.3 Å². The Balaban J connectivity index is 1.88. The Morgan fingerprint density at radius 3 is 2.73 bits per heavy atom. The van der Waals surface area contributed by atoms with E-state index >= 15 is 0 Å². The van der Waals surface area contributed by atoms with Gasteiger partial charge in [0.05, 0.1) is 19.4 Å². The van der Waals surface area contributed by atoms with Crippen molar-refractivity contribution in [2.45, 2.75) is 51.9 Å². The summed E-state index contributed by atoms with van der Waals surface area (Å²) < 4.78 is 13.6. The molecule has 1 fully saturated rings. The second-order valence-electron chi connectivity index (χ2n) is 6.34. The SMILES string of the molecule is CCOc1ccc(/C=N\n2c(C3CCCCC3)n[nH]c2=S)c(OCC)c1. The third-order valence-electron chi connectivity index (χ3n) is 4.55. The van der Waals surface area contributed by atoms with Crippen molar-refractivity contribution in [2.24, 2.45) is 5.10 Å². The van der Waals surface area contributed by atoms with Crippen molar-refractivity contribution in [1.82, 2.24) is 14.9 Å². The van der Waals surface area contributed by atoms with Gasteiger partial charge in [-0.3, -0.25) is 5.10 Å². The van der Waals surface area contributed by atoms with Crippen LogP contribution in [0.2, 0.25) is 0 Å². The van der Waals surface area contributed by atoms with E-state index in [-0.39, 0.29) is 0 Å². The number of nitrogens with one attached hydrogen (secondary N) is 1. The molecular formula is C19H26N4O2S. The third-order valence-corrected chi connectivity index (χ3v) is 4.82. The average Bonchev–Trinajstić information content (AvgIpc) is 3.03. The second kappa shape index (κ2) is 8.98. The summed E-state index contributed by atoms with van der Waals surface area (Å²) >= 11 is 5.38. The van der Waals surface area contributed by atoms with Crippen molar-refractivity contribution in [3.8, 4) is 11.5 Å². The first kappa shape index (κ1) is 18.6. The summed E-state index contributed by atoms with van der Waals surface area (Å²) in [5.41, 5.74) is 0.882. The predicted octanol–water partition coefficient (Wildman–Crippen LogP) is 4.67. The van der Waals surface area contributed by atoms with Crippen LogP contribution in [0.1, 0.15) is 63.3 Å². The van der Waals surface area contributed by atoms with Crippen LogP contribution in [0.25, 0.3) is 0 Å². The van der Waals surface area contributed by atoms with Gasteiger partial charge in [0.1, 0.15) is 11.5 Å². The molecular weight excluding hydrogens is 348 g/mol. The van der Waals surface area contributed by atoms with Gasteiger partial charge in [-0.05, 0) is 51.0 Å². The maximum atomic E-state index is 5.74. The molecule has 26 heavy (non-hydrogen) atoms. The van der Waals surface area contributed by atoms with Gasteiger partial charge < -0.3 is 9.47 Å². The first-order valence-corrected chi connectivity index (χ1v) is 9.75. The topological polar surface area (TPSA) is 64.4 Å². The molecule has 0 radical (unpaired) electrons. The molecule has 0 aliphatic heterocycles. The molecule has 1 aliphatic carbocycles. The zero-order chi connectivity index (χ0) is 18.4. The van der Waals surface area contributed by atoms with Crippen molar-refractivity contribution >= 4 is 18.4 Å². The molecule has 1 aromatic carbocycles. The van der Waals surface area contributed by atoms with E-state index in [4.69, 9.17) is 21.7 Å². The highest BCUT2D eigenvalue weighted by Gasteiger charge is 2.21. The molecule has 140 valence electrons. The number of rotatable bonds is 7. The van der Waals surface area contributed by atoms with E-state index in [1.54, 1.807) is 10.9 Å². The van der Waals surface area contributed by atoms with E-state index in [0.29, 0.717) is 23.9 Å². The molecule has 0 amide bonds. The van der Waals surface area contributed by atoms with Gasteiger partial charge in [-0.1, -0.05) is 19.3 Å². The van der Waals surface area contributed by atoms with Crippen LogP contribution in [0.3, 0.4) is 0 Å². The second-order valence-corrected chi connectivity index (χ2v) is 6.73. The lowest BCUT2D eigenvalue weighted by molar-refractivity contribution is 0.323. The normalized spacial score (nSPS) is 15.5. The molecule has 6 nitrogen and oxygen atoms in total. The maximum Gasteiger partial charge on any atom is 0.216 e. The highest BCUT2D eigenvalue weighted by molar-refractivity contribution is 7.71. The average molecular weight is 375 g/mol.